The number of amides is 1. The SMILES string of the molecule is O=C(Cc1cnccn1)NC1CCCCC1. The molecule has 4 heteroatoms. The Balaban J connectivity index is 1.80. The maximum Gasteiger partial charge on any atom is 0.226 e. The standard InChI is InChI=1S/C12H17N3O/c16-12(8-11-9-13-6-7-14-11)15-10-4-2-1-3-5-10/h6-7,9-10H,1-5,8H2,(H,15,16). The summed E-state index contributed by atoms with van der Waals surface area (Å²) >= 11 is 0. The molecular weight excluding hydrogens is 202 g/mol. The molecule has 0 bridgehead atoms. The number of carbonyl (C=O) groups excluding carboxylic acids is 1. The summed E-state index contributed by atoms with van der Waals surface area (Å²) in [6.07, 6.45) is 11.2. The van der Waals surface area contributed by atoms with Gasteiger partial charge >= 0.3 is 0 Å². The third-order valence-electron chi connectivity index (χ3n) is 2.93. The van der Waals surface area contributed by atoms with E-state index in [1.165, 1.54) is 19.3 Å². The highest BCUT2D eigenvalue weighted by atomic mass is 16.1. The van der Waals surface area contributed by atoms with E-state index in [-0.39, 0.29) is 5.91 Å². The first-order chi connectivity index (χ1) is 7.84. The summed E-state index contributed by atoms with van der Waals surface area (Å²) in [4.78, 5) is 19.7. The van der Waals surface area contributed by atoms with E-state index in [9.17, 15) is 4.79 Å². The highest BCUT2D eigenvalue weighted by molar-refractivity contribution is 5.78. The maximum absolute atomic E-state index is 11.7. The Bertz CT molecular complexity index is 333. The number of aromatic nitrogens is 2. The molecule has 1 heterocycles. The van der Waals surface area contributed by atoms with E-state index in [1.807, 2.05) is 0 Å². The first kappa shape index (κ1) is 11.0. The Kier molecular flexibility index (Phi) is 3.86. The summed E-state index contributed by atoms with van der Waals surface area (Å²) in [5, 5.41) is 3.06. The third-order valence-corrected chi connectivity index (χ3v) is 2.93. The molecular formula is C12H17N3O. The van der Waals surface area contributed by atoms with Gasteiger partial charge in [0.05, 0.1) is 12.1 Å². The number of carbonyl (C=O) groups is 1. The van der Waals surface area contributed by atoms with Gasteiger partial charge in [0.25, 0.3) is 0 Å². The minimum atomic E-state index is 0.0624. The summed E-state index contributed by atoms with van der Waals surface area (Å²) in [6.45, 7) is 0. The Morgan fingerprint density at radius 2 is 2.12 bits per heavy atom. The van der Waals surface area contributed by atoms with Gasteiger partial charge in [0, 0.05) is 24.6 Å². The van der Waals surface area contributed by atoms with E-state index >= 15 is 0 Å². The van der Waals surface area contributed by atoms with Crippen molar-refractivity contribution in [3.05, 3.63) is 24.3 Å². The molecule has 0 saturated heterocycles. The molecule has 1 saturated carbocycles. The normalized spacial score (nSPS) is 17.0. The quantitative estimate of drug-likeness (QED) is 0.837. The van der Waals surface area contributed by atoms with Crippen LogP contribution in [-0.4, -0.2) is 21.9 Å². The molecule has 0 spiro atoms. The fourth-order valence-electron chi connectivity index (χ4n) is 2.11. The number of hydrogen-bond acceptors (Lipinski definition) is 3. The van der Waals surface area contributed by atoms with E-state index in [0.717, 1.165) is 18.5 Å². The van der Waals surface area contributed by atoms with Crippen LogP contribution in [0.3, 0.4) is 0 Å². The van der Waals surface area contributed by atoms with Gasteiger partial charge in [-0.15, -0.1) is 0 Å². The topological polar surface area (TPSA) is 54.9 Å². The van der Waals surface area contributed by atoms with Crippen LogP contribution in [-0.2, 0) is 11.2 Å². The molecule has 1 N–H and O–H groups in total. The number of nitrogens with one attached hydrogen (secondary N) is 1. The van der Waals surface area contributed by atoms with Gasteiger partial charge in [0.15, 0.2) is 0 Å². The monoisotopic (exact) mass is 219 g/mol. The van der Waals surface area contributed by atoms with Gasteiger partial charge < -0.3 is 5.32 Å². The van der Waals surface area contributed by atoms with Crippen molar-refractivity contribution in [1.82, 2.24) is 15.3 Å². The van der Waals surface area contributed by atoms with Crippen molar-refractivity contribution in [1.29, 1.82) is 0 Å². The summed E-state index contributed by atoms with van der Waals surface area (Å²) in [7, 11) is 0. The second-order valence-corrected chi connectivity index (χ2v) is 4.28. The lowest BCUT2D eigenvalue weighted by molar-refractivity contribution is -0.121. The fraction of sp³-hybridized carbons (Fsp3) is 0.583. The van der Waals surface area contributed by atoms with Crippen LogP contribution in [0.2, 0.25) is 0 Å². The van der Waals surface area contributed by atoms with E-state index in [0.29, 0.717) is 12.5 Å². The van der Waals surface area contributed by atoms with Gasteiger partial charge in [-0.25, -0.2) is 0 Å². The van der Waals surface area contributed by atoms with E-state index in [2.05, 4.69) is 15.3 Å². The first-order valence-electron chi connectivity index (χ1n) is 5.89. The largest absolute Gasteiger partial charge is 0.353 e. The fourth-order valence-corrected chi connectivity index (χ4v) is 2.11. The average Bonchev–Trinajstić information content (AvgIpc) is 2.31. The zero-order chi connectivity index (χ0) is 11.2. The maximum atomic E-state index is 11.7. The van der Waals surface area contributed by atoms with Crippen molar-refractivity contribution < 1.29 is 4.79 Å². The zero-order valence-corrected chi connectivity index (χ0v) is 9.35. The molecule has 1 amide bonds. The summed E-state index contributed by atoms with van der Waals surface area (Å²) in [5.41, 5.74) is 0.732. The van der Waals surface area contributed by atoms with E-state index < -0.39 is 0 Å². The molecule has 0 aromatic carbocycles. The van der Waals surface area contributed by atoms with Crippen LogP contribution in [0, 0.1) is 0 Å². The zero-order valence-electron chi connectivity index (χ0n) is 9.35. The number of nitrogens with zero attached hydrogens (tertiary/aromatic N) is 2. The summed E-state index contributed by atoms with van der Waals surface area (Å²) in [5.74, 6) is 0.0624. The second kappa shape index (κ2) is 5.58. The van der Waals surface area contributed by atoms with Crippen LogP contribution in [0.1, 0.15) is 37.8 Å². The average molecular weight is 219 g/mol. The van der Waals surface area contributed by atoms with Gasteiger partial charge in [-0.2, -0.15) is 0 Å². The second-order valence-electron chi connectivity index (χ2n) is 4.28. The molecule has 0 atom stereocenters. The minimum absolute atomic E-state index is 0.0624. The lowest BCUT2D eigenvalue weighted by Crippen LogP contribution is -2.37. The molecule has 86 valence electrons. The molecule has 0 unspecified atom stereocenters. The number of rotatable bonds is 3. The lowest BCUT2D eigenvalue weighted by Gasteiger charge is -2.22. The lowest BCUT2D eigenvalue weighted by atomic mass is 9.95. The van der Waals surface area contributed by atoms with E-state index in [4.69, 9.17) is 0 Å². The highest BCUT2D eigenvalue weighted by Gasteiger charge is 2.15. The van der Waals surface area contributed by atoms with Crippen molar-refractivity contribution in [2.75, 3.05) is 0 Å². The van der Waals surface area contributed by atoms with Gasteiger partial charge in [-0.3, -0.25) is 14.8 Å². The van der Waals surface area contributed by atoms with Crippen LogP contribution < -0.4 is 5.32 Å². The van der Waals surface area contributed by atoms with Crippen LogP contribution in [0.25, 0.3) is 0 Å². The Labute approximate surface area is 95.5 Å². The molecule has 1 aromatic heterocycles. The highest BCUT2D eigenvalue weighted by Crippen LogP contribution is 2.17. The van der Waals surface area contributed by atoms with Crippen molar-refractivity contribution in [2.24, 2.45) is 0 Å². The van der Waals surface area contributed by atoms with Crippen LogP contribution >= 0.6 is 0 Å². The van der Waals surface area contributed by atoms with Crippen LogP contribution in [0.5, 0.6) is 0 Å². The van der Waals surface area contributed by atoms with Crippen molar-refractivity contribution >= 4 is 5.91 Å². The smallest absolute Gasteiger partial charge is 0.226 e. The predicted octanol–water partition coefficient (Wildman–Crippen LogP) is 1.47. The van der Waals surface area contributed by atoms with Gasteiger partial charge in [-0.05, 0) is 12.8 Å². The Morgan fingerprint density at radius 1 is 1.31 bits per heavy atom. The summed E-state index contributed by atoms with van der Waals surface area (Å²) < 4.78 is 0. The molecule has 0 radical (unpaired) electrons. The molecule has 2 rings (SSSR count). The minimum Gasteiger partial charge on any atom is -0.353 e. The van der Waals surface area contributed by atoms with Gasteiger partial charge in [-0.1, -0.05) is 19.3 Å². The van der Waals surface area contributed by atoms with Gasteiger partial charge in [0.1, 0.15) is 0 Å². The van der Waals surface area contributed by atoms with Gasteiger partial charge in [0.2, 0.25) is 5.91 Å². The van der Waals surface area contributed by atoms with Crippen molar-refractivity contribution in [2.45, 2.75) is 44.6 Å². The first-order valence-corrected chi connectivity index (χ1v) is 5.89. The molecule has 1 aliphatic carbocycles. The molecule has 0 aliphatic heterocycles. The molecule has 1 fully saturated rings. The van der Waals surface area contributed by atoms with Crippen molar-refractivity contribution in [3.8, 4) is 0 Å². The Morgan fingerprint density at radius 3 is 2.81 bits per heavy atom. The van der Waals surface area contributed by atoms with E-state index in [1.54, 1.807) is 18.6 Å². The third kappa shape index (κ3) is 3.29. The number of hydrogen-bond donors (Lipinski definition) is 1. The molecule has 16 heavy (non-hydrogen) atoms. The molecule has 1 aromatic rings. The predicted molar refractivity (Wildman–Crippen MR) is 60.8 cm³/mol. The van der Waals surface area contributed by atoms with Crippen molar-refractivity contribution in [3.63, 3.8) is 0 Å². The molecule has 4 nitrogen and oxygen atoms in total. The summed E-state index contributed by atoms with van der Waals surface area (Å²) in [6, 6.07) is 0.373. The Hall–Kier alpha value is -1.45. The molecule has 1 aliphatic rings. The van der Waals surface area contributed by atoms with Crippen LogP contribution in [0.4, 0.5) is 0 Å². The van der Waals surface area contributed by atoms with Crippen LogP contribution in [0.15, 0.2) is 18.6 Å².